The van der Waals surface area contributed by atoms with E-state index in [1.54, 1.807) is 0 Å². The van der Waals surface area contributed by atoms with Gasteiger partial charge in [0.2, 0.25) is 0 Å². The van der Waals surface area contributed by atoms with Gasteiger partial charge in [0, 0.05) is 0 Å². The van der Waals surface area contributed by atoms with Crippen molar-refractivity contribution < 1.29 is 4.43 Å². The first-order chi connectivity index (χ1) is 4.87. The SMILES string of the molecule is C#CC(O[Si](C)(C)C)C(C)C. The summed E-state index contributed by atoms with van der Waals surface area (Å²) in [5.74, 6) is 3.09. The Morgan fingerprint density at radius 2 is 1.73 bits per heavy atom. The van der Waals surface area contributed by atoms with Gasteiger partial charge in [-0.05, 0) is 25.6 Å². The molecule has 0 radical (unpaired) electrons. The van der Waals surface area contributed by atoms with E-state index >= 15 is 0 Å². The van der Waals surface area contributed by atoms with Crippen molar-refractivity contribution >= 4 is 8.32 Å². The summed E-state index contributed by atoms with van der Waals surface area (Å²) in [6.45, 7) is 10.6. The van der Waals surface area contributed by atoms with Gasteiger partial charge in [-0.25, -0.2) is 0 Å². The molecule has 0 saturated carbocycles. The largest absolute Gasteiger partial charge is 0.404 e. The molecule has 0 aliphatic rings. The maximum Gasteiger partial charge on any atom is 0.185 e. The van der Waals surface area contributed by atoms with E-state index in [-0.39, 0.29) is 6.10 Å². The number of terminal acetylenes is 1. The number of hydrogen-bond donors (Lipinski definition) is 0. The second-order valence-electron chi connectivity index (χ2n) is 4.06. The fourth-order valence-corrected chi connectivity index (χ4v) is 1.85. The third kappa shape index (κ3) is 5.06. The van der Waals surface area contributed by atoms with Crippen molar-refractivity contribution in [2.24, 2.45) is 5.92 Å². The summed E-state index contributed by atoms with van der Waals surface area (Å²) in [6.07, 6.45) is 5.33. The number of rotatable bonds is 3. The molecule has 0 aromatic heterocycles. The van der Waals surface area contributed by atoms with Crippen molar-refractivity contribution in [2.75, 3.05) is 0 Å². The summed E-state index contributed by atoms with van der Waals surface area (Å²) < 4.78 is 5.75. The Labute approximate surface area is 71.3 Å². The molecule has 0 rings (SSSR count). The van der Waals surface area contributed by atoms with Crippen LogP contribution < -0.4 is 0 Å². The fourth-order valence-electron chi connectivity index (χ4n) is 0.743. The Morgan fingerprint density at radius 1 is 1.27 bits per heavy atom. The normalized spacial score (nSPS) is 14.6. The molecule has 11 heavy (non-hydrogen) atoms. The molecule has 0 aromatic rings. The van der Waals surface area contributed by atoms with Crippen molar-refractivity contribution in [1.29, 1.82) is 0 Å². The third-order valence-electron chi connectivity index (χ3n) is 1.25. The molecule has 2 heteroatoms. The predicted molar refractivity (Wildman–Crippen MR) is 51.9 cm³/mol. The molecule has 0 N–H and O–H groups in total. The van der Waals surface area contributed by atoms with Gasteiger partial charge in [-0.2, -0.15) is 0 Å². The van der Waals surface area contributed by atoms with E-state index in [1.807, 2.05) is 0 Å². The van der Waals surface area contributed by atoms with Crippen molar-refractivity contribution in [3.05, 3.63) is 0 Å². The Hall–Kier alpha value is -0.263. The molecule has 0 fully saturated rings. The summed E-state index contributed by atoms with van der Waals surface area (Å²) in [5, 5.41) is 0. The lowest BCUT2D eigenvalue weighted by Crippen LogP contribution is -2.33. The van der Waals surface area contributed by atoms with Gasteiger partial charge in [-0.15, -0.1) is 6.42 Å². The quantitative estimate of drug-likeness (QED) is 0.467. The van der Waals surface area contributed by atoms with Crippen LogP contribution in [0.5, 0.6) is 0 Å². The Balaban J connectivity index is 4.02. The molecule has 0 spiro atoms. The Bertz CT molecular complexity index is 150. The highest BCUT2D eigenvalue weighted by Crippen LogP contribution is 2.12. The molecular weight excluding hydrogens is 152 g/mol. The minimum atomic E-state index is -1.45. The molecule has 0 heterocycles. The van der Waals surface area contributed by atoms with Crippen LogP contribution in [0.25, 0.3) is 0 Å². The highest BCUT2D eigenvalue weighted by molar-refractivity contribution is 6.69. The fraction of sp³-hybridized carbons (Fsp3) is 0.778. The van der Waals surface area contributed by atoms with Crippen LogP contribution in [-0.4, -0.2) is 14.4 Å². The first-order valence-electron chi connectivity index (χ1n) is 4.01. The van der Waals surface area contributed by atoms with Crippen LogP contribution in [0.2, 0.25) is 19.6 Å². The lowest BCUT2D eigenvalue weighted by molar-refractivity contribution is 0.199. The van der Waals surface area contributed by atoms with Gasteiger partial charge >= 0.3 is 0 Å². The monoisotopic (exact) mass is 170 g/mol. The maximum absolute atomic E-state index is 5.75. The molecule has 1 atom stereocenters. The van der Waals surface area contributed by atoms with Crippen LogP contribution in [0.4, 0.5) is 0 Å². The zero-order valence-electron chi connectivity index (χ0n) is 8.14. The summed E-state index contributed by atoms with van der Waals surface area (Å²) >= 11 is 0. The lowest BCUT2D eigenvalue weighted by Gasteiger charge is -2.25. The Kier molecular flexibility index (Phi) is 3.84. The minimum Gasteiger partial charge on any atom is -0.404 e. The molecule has 1 nitrogen and oxygen atoms in total. The highest BCUT2D eigenvalue weighted by atomic mass is 28.4. The zero-order valence-corrected chi connectivity index (χ0v) is 9.14. The van der Waals surface area contributed by atoms with Crippen molar-refractivity contribution in [1.82, 2.24) is 0 Å². The summed E-state index contributed by atoms with van der Waals surface area (Å²) in [4.78, 5) is 0. The Morgan fingerprint density at radius 3 is 1.82 bits per heavy atom. The summed E-state index contributed by atoms with van der Waals surface area (Å²) in [6, 6.07) is 0. The minimum absolute atomic E-state index is 0.00154. The average molecular weight is 170 g/mol. The van der Waals surface area contributed by atoms with E-state index < -0.39 is 8.32 Å². The molecule has 0 saturated heterocycles. The van der Waals surface area contributed by atoms with Gasteiger partial charge in [0.05, 0.1) is 0 Å². The van der Waals surface area contributed by atoms with Gasteiger partial charge in [-0.1, -0.05) is 19.8 Å². The summed E-state index contributed by atoms with van der Waals surface area (Å²) in [5.41, 5.74) is 0. The molecule has 1 unspecified atom stereocenters. The average Bonchev–Trinajstić information content (AvgIpc) is 1.80. The lowest BCUT2D eigenvalue weighted by atomic mass is 10.1. The topological polar surface area (TPSA) is 9.23 Å². The van der Waals surface area contributed by atoms with Crippen LogP contribution in [0.15, 0.2) is 0 Å². The van der Waals surface area contributed by atoms with Crippen LogP contribution in [-0.2, 0) is 4.43 Å². The summed E-state index contributed by atoms with van der Waals surface area (Å²) in [7, 11) is -1.45. The van der Waals surface area contributed by atoms with Crippen molar-refractivity contribution in [2.45, 2.75) is 39.6 Å². The first-order valence-corrected chi connectivity index (χ1v) is 7.41. The van der Waals surface area contributed by atoms with E-state index in [2.05, 4.69) is 39.4 Å². The number of hydrogen-bond acceptors (Lipinski definition) is 1. The van der Waals surface area contributed by atoms with Crippen molar-refractivity contribution in [3.63, 3.8) is 0 Å². The van der Waals surface area contributed by atoms with Gasteiger partial charge in [-0.3, -0.25) is 0 Å². The zero-order chi connectivity index (χ0) is 9.07. The molecule has 0 aromatic carbocycles. The van der Waals surface area contributed by atoms with Crippen LogP contribution >= 0.6 is 0 Å². The smallest absolute Gasteiger partial charge is 0.185 e. The first kappa shape index (κ1) is 10.7. The highest BCUT2D eigenvalue weighted by Gasteiger charge is 2.21. The van der Waals surface area contributed by atoms with E-state index in [9.17, 15) is 0 Å². The molecule has 0 amide bonds. The molecule has 0 bridgehead atoms. The van der Waals surface area contributed by atoms with Crippen LogP contribution in [0.1, 0.15) is 13.8 Å². The molecule has 0 aliphatic carbocycles. The van der Waals surface area contributed by atoms with E-state index in [0.29, 0.717) is 5.92 Å². The van der Waals surface area contributed by atoms with E-state index in [4.69, 9.17) is 10.8 Å². The van der Waals surface area contributed by atoms with Gasteiger partial charge in [0.15, 0.2) is 8.32 Å². The maximum atomic E-state index is 5.75. The van der Waals surface area contributed by atoms with Gasteiger partial charge < -0.3 is 4.43 Å². The standard InChI is InChI=1S/C9H18OSi/c1-7-9(8(2)3)10-11(4,5)6/h1,8-9H,2-6H3. The van der Waals surface area contributed by atoms with Crippen molar-refractivity contribution in [3.8, 4) is 12.3 Å². The van der Waals surface area contributed by atoms with E-state index in [1.165, 1.54) is 0 Å². The van der Waals surface area contributed by atoms with Gasteiger partial charge in [0.25, 0.3) is 0 Å². The molecule has 0 aliphatic heterocycles. The van der Waals surface area contributed by atoms with Crippen LogP contribution in [0.3, 0.4) is 0 Å². The third-order valence-corrected chi connectivity index (χ3v) is 2.21. The molecule has 64 valence electrons. The second kappa shape index (κ2) is 3.94. The van der Waals surface area contributed by atoms with Gasteiger partial charge in [0.1, 0.15) is 6.10 Å². The second-order valence-corrected chi connectivity index (χ2v) is 8.52. The predicted octanol–water partition coefficient (Wildman–Crippen LogP) is 2.50. The van der Waals surface area contributed by atoms with Crippen LogP contribution in [0, 0.1) is 18.3 Å². The molecular formula is C9H18OSi. The van der Waals surface area contributed by atoms with E-state index in [0.717, 1.165) is 0 Å².